The number of furan rings is 1. The van der Waals surface area contributed by atoms with E-state index in [-0.39, 0.29) is 12.4 Å². The zero-order valence-electron chi connectivity index (χ0n) is 15.1. The minimum absolute atomic E-state index is 0.0225. The van der Waals surface area contributed by atoms with Gasteiger partial charge in [-0.05, 0) is 49.4 Å². The van der Waals surface area contributed by atoms with Crippen LogP contribution < -0.4 is 20.2 Å². The molecule has 0 saturated carbocycles. The van der Waals surface area contributed by atoms with E-state index in [9.17, 15) is 14.7 Å². The largest absolute Gasteiger partial charge is 0.542 e. The van der Waals surface area contributed by atoms with Gasteiger partial charge in [-0.1, -0.05) is 0 Å². The van der Waals surface area contributed by atoms with Crippen LogP contribution in [0.5, 0.6) is 11.5 Å². The number of methoxy groups -OCH3 is 1. The average molecular weight is 379 g/mol. The number of rotatable bonds is 5. The van der Waals surface area contributed by atoms with Gasteiger partial charge in [0.25, 0.3) is 0 Å². The summed E-state index contributed by atoms with van der Waals surface area (Å²) < 4.78 is 21.5. The molecule has 0 spiro atoms. The molecule has 2 aromatic heterocycles. The maximum Gasteiger partial charge on any atom is 0.344 e. The predicted octanol–water partition coefficient (Wildman–Crippen LogP) is 2.80. The molecule has 0 fully saturated rings. The number of carbonyl (C=O) groups excluding carboxylic acids is 1. The van der Waals surface area contributed by atoms with Gasteiger partial charge in [0, 0.05) is 16.3 Å². The molecular formula is C21H15O7-. The van der Waals surface area contributed by atoms with Crippen molar-refractivity contribution in [2.75, 3.05) is 7.11 Å². The van der Waals surface area contributed by atoms with Crippen LogP contribution in [0.3, 0.4) is 0 Å². The van der Waals surface area contributed by atoms with Crippen LogP contribution in [0.25, 0.3) is 21.7 Å². The summed E-state index contributed by atoms with van der Waals surface area (Å²) in [5.74, 6) is -0.244. The molecule has 2 heterocycles. The minimum Gasteiger partial charge on any atom is -0.542 e. The van der Waals surface area contributed by atoms with Crippen LogP contribution in [0.15, 0.2) is 56.1 Å². The zero-order valence-corrected chi connectivity index (χ0v) is 15.1. The van der Waals surface area contributed by atoms with Crippen LogP contribution in [0.2, 0.25) is 0 Å². The molecule has 28 heavy (non-hydrogen) atoms. The number of carbonyl (C=O) groups is 1. The van der Waals surface area contributed by atoms with Crippen LogP contribution in [-0.4, -0.2) is 13.1 Å². The van der Waals surface area contributed by atoms with Crippen molar-refractivity contribution < 1.29 is 28.2 Å². The lowest BCUT2D eigenvalue weighted by Crippen LogP contribution is -2.21. The quantitative estimate of drug-likeness (QED) is 0.388. The molecule has 0 bridgehead atoms. The molecule has 4 aromatic rings. The summed E-state index contributed by atoms with van der Waals surface area (Å²) in [4.78, 5) is 23.2. The third-order valence-electron chi connectivity index (χ3n) is 4.52. The summed E-state index contributed by atoms with van der Waals surface area (Å²) in [7, 11) is 1.53. The van der Waals surface area contributed by atoms with Crippen molar-refractivity contribution in [2.45, 2.75) is 13.5 Å². The Morgan fingerprint density at radius 2 is 1.82 bits per heavy atom. The van der Waals surface area contributed by atoms with Crippen LogP contribution in [0, 0.1) is 6.92 Å². The first-order valence-electron chi connectivity index (χ1n) is 8.45. The van der Waals surface area contributed by atoms with Gasteiger partial charge < -0.3 is 28.2 Å². The van der Waals surface area contributed by atoms with E-state index in [2.05, 4.69) is 0 Å². The van der Waals surface area contributed by atoms with Gasteiger partial charge in [0.15, 0.2) is 0 Å². The smallest absolute Gasteiger partial charge is 0.344 e. The van der Waals surface area contributed by atoms with Crippen molar-refractivity contribution >= 4 is 27.7 Å². The normalized spacial score (nSPS) is 11.1. The van der Waals surface area contributed by atoms with E-state index in [1.165, 1.54) is 19.2 Å². The Hall–Kier alpha value is -3.74. The Morgan fingerprint density at radius 1 is 1.04 bits per heavy atom. The molecule has 0 radical (unpaired) electrons. The first kappa shape index (κ1) is 17.7. The fraction of sp³-hybridized carbons (Fsp3) is 0.143. The SMILES string of the molecule is COc1ccc2c(c1)c(=O)oc1c(C)c(OCc3ccc(C(=O)[O-])o3)ccc12. The fourth-order valence-corrected chi connectivity index (χ4v) is 3.09. The lowest BCUT2D eigenvalue weighted by molar-refractivity contribution is -0.257. The molecule has 0 aliphatic heterocycles. The Bertz CT molecular complexity index is 1260. The number of benzene rings is 2. The highest BCUT2D eigenvalue weighted by atomic mass is 16.5. The third kappa shape index (κ3) is 2.96. The van der Waals surface area contributed by atoms with Crippen molar-refractivity contribution in [1.82, 2.24) is 0 Å². The maximum absolute atomic E-state index is 12.4. The third-order valence-corrected chi connectivity index (χ3v) is 4.52. The summed E-state index contributed by atoms with van der Waals surface area (Å²) in [6.07, 6.45) is 0. The molecule has 0 N–H and O–H groups in total. The molecule has 0 saturated heterocycles. The standard InChI is InChI=1S/C21H16O7/c1-11-17(26-10-13-4-7-18(27-13)20(22)23)8-6-15-14-5-3-12(25-2)9-16(14)21(24)28-19(11)15/h3-9H,10H2,1-2H3,(H,22,23)/p-1. The van der Waals surface area contributed by atoms with E-state index in [0.717, 1.165) is 10.8 Å². The van der Waals surface area contributed by atoms with E-state index in [4.69, 9.17) is 18.3 Å². The molecule has 4 rings (SSSR count). The number of carboxylic acid groups (broad SMARTS) is 1. The topological polar surface area (TPSA) is 102 Å². The lowest BCUT2D eigenvalue weighted by Gasteiger charge is -2.11. The van der Waals surface area contributed by atoms with Crippen molar-refractivity contribution in [3.05, 3.63) is 70.0 Å². The Labute approximate surface area is 158 Å². The number of aromatic carboxylic acids is 1. The van der Waals surface area contributed by atoms with Gasteiger partial charge in [-0.2, -0.15) is 0 Å². The molecule has 0 aliphatic carbocycles. The second-order valence-corrected chi connectivity index (χ2v) is 6.21. The van der Waals surface area contributed by atoms with E-state index in [1.54, 1.807) is 25.1 Å². The summed E-state index contributed by atoms with van der Waals surface area (Å²) >= 11 is 0. The fourth-order valence-electron chi connectivity index (χ4n) is 3.09. The number of hydrogen-bond donors (Lipinski definition) is 0. The van der Waals surface area contributed by atoms with E-state index < -0.39 is 11.6 Å². The minimum atomic E-state index is -1.39. The zero-order chi connectivity index (χ0) is 19.8. The maximum atomic E-state index is 12.4. The highest BCUT2D eigenvalue weighted by molar-refractivity contribution is 6.06. The predicted molar refractivity (Wildman–Crippen MR) is 98.6 cm³/mol. The molecule has 0 aliphatic rings. The summed E-state index contributed by atoms with van der Waals surface area (Å²) in [6.45, 7) is 1.80. The molecule has 7 heteroatoms. The van der Waals surface area contributed by atoms with Gasteiger partial charge in [-0.15, -0.1) is 0 Å². The average Bonchev–Trinajstić information content (AvgIpc) is 3.17. The van der Waals surface area contributed by atoms with Crippen LogP contribution in [0.4, 0.5) is 0 Å². The van der Waals surface area contributed by atoms with Crippen molar-refractivity contribution in [1.29, 1.82) is 0 Å². The number of aryl methyl sites for hydroxylation is 1. The summed E-state index contributed by atoms with van der Waals surface area (Å²) in [6, 6.07) is 11.6. The first-order chi connectivity index (χ1) is 13.5. The Morgan fingerprint density at radius 3 is 2.54 bits per heavy atom. The van der Waals surface area contributed by atoms with E-state index in [0.29, 0.717) is 33.8 Å². The van der Waals surface area contributed by atoms with Crippen LogP contribution >= 0.6 is 0 Å². The molecule has 7 nitrogen and oxygen atoms in total. The van der Waals surface area contributed by atoms with E-state index >= 15 is 0 Å². The number of carboxylic acids is 1. The van der Waals surface area contributed by atoms with Gasteiger partial charge in [-0.25, -0.2) is 4.79 Å². The first-order valence-corrected chi connectivity index (χ1v) is 8.45. The number of hydrogen-bond acceptors (Lipinski definition) is 7. The second-order valence-electron chi connectivity index (χ2n) is 6.21. The molecule has 0 unspecified atom stereocenters. The monoisotopic (exact) mass is 379 g/mol. The van der Waals surface area contributed by atoms with Gasteiger partial charge in [0.2, 0.25) is 0 Å². The van der Waals surface area contributed by atoms with Gasteiger partial charge >= 0.3 is 5.63 Å². The summed E-state index contributed by atoms with van der Waals surface area (Å²) in [5.41, 5.74) is 0.611. The van der Waals surface area contributed by atoms with Crippen molar-refractivity contribution in [3.63, 3.8) is 0 Å². The van der Waals surface area contributed by atoms with Gasteiger partial charge in [0.1, 0.15) is 41.2 Å². The highest BCUT2D eigenvalue weighted by Crippen LogP contribution is 2.32. The van der Waals surface area contributed by atoms with E-state index in [1.807, 2.05) is 12.1 Å². The highest BCUT2D eigenvalue weighted by Gasteiger charge is 2.14. The Kier molecular flexibility index (Phi) is 4.27. The molecule has 142 valence electrons. The number of fused-ring (bicyclic) bond motifs is 3. The van der Waals surface area contributed by atoms with Crippen molar-refractivity contribution in [2.24, 2.45) is 0 Å². The van der Waals surface area contributed by atoms with Crippen molar-refractivity contribution in [3.8, 4) is 11.5 Å². The molecule has 0 amide bonds. The van der Waals surface area contributed by atoms with Gasteiger partial charge in [0.05, 0.1) is 12.5 Å². The second kappa shape index (κ2) is 6.77. The molecule has 2 aromatic carbocycles. The Balaban J connectivity index is 1.72. The lowest BCUT2D eigenvalue weighted by atomic mass is 10.0. The summed E-state index contributed by atoms with van der Waals surface area (Å²) in [5, 5.41) is 12.7. The van der Waals surface area contributed by atoms with Crippen LogP contribution in [-0.2, 0) is 6.61 Å². The molecule has 0 atom stereocenters. The van der Waals surface area contributed by atoms with Crippen LogP contribution in [0.1, 0.15) is 21.9 Å². The molecular weight excluding hydrogens is 364 g/mol. The van der Waals surface area contributed by atoms with Gasteiger partial charge in [-0.3, -0.25) is 0 Å². The number of ether oxygens (including phenoxy) is 2.